The van der Waals surface area contributed by atoms with Gasteiger partial charge in [-0.1, -0.05) is 24.3 Å². The Morgan fingerprint density at radius 2 is 2.19 bits per heavy atom. The molecule has 21 heavy (non-hydrogen) atoms. The van der Waals surface area contributed by atoms with Crippen LogP contribution < -0.4 is 10.1 Å². The molecule has 4 nitrogen and oxygen atoms in total. The minimum Gasteiger partial charge on any atom is -0.493 e. The van der Waals surface area contributed by atoms with Crippen LogP contribution >= 0.6 is 0 Å². The molecule has 2 atom stereocenters. The lowest BCUT2D eigenvalue weighted by Crippen LogP contribution is -2.28. The first-order chi connectivity index (χ1) is 10.3. The van der Waals surface area contributed by atoms with Crippen LogP contribution in [0.5, 0.6) is 5.75 Å². The number of aromatic nitrogens is 2. The summed E-state index contributed by atoms with van der Waals surface area (Å²) in [4.78, 5) is 0. The number of hydrogen-bond donors (Lipinski definition) is 1. The van der Waals surface area contributed by atoms with Gasteiger partial charge in [-0.25, -0.2) is 0 Å². The van der Waals surface area contributed by atoms with Crippen molar-refractivity contribution in [1.29, 1.82) is 0 Å². The molecule has 0 saturated heterocycles. The van der Waals surface area contributed by atoms with Gasteiger partial charge >= 0.3 is 0 Å². The van der Waals surface area contributed by atoms with E-state index in [0.29, 0.717) is 5.92 Å². The molecule has 1 heterocycles. The average Bonchev–Trinajstić information content (AvgIpc) is 2.90. The minimum absolute atomic E-state index is 0.217. The number of rotatable bonds is 4. The van der Waals surface area contributed by atoms with E-state index in [1.165, 1.54) is 30.4 Å². The Morgan fingerprint density at radius 3 is 2.95 bits per heavy atom. The topological polar surface area (TPSA) is 39.1 Å². The molecule has 0 spiro atoms. The maximum Gasteiger partial charge on any atom is 0.161 e. The quantitative estimate of drug-likeness (QED) is 0.939. The van der Waals surface area contributed by atoms with E-state index < -0.39 is 0 Å². The third-order valence-corrected chi connectivity index (χ3v) is 4.59. The van der Waals surface area contributed by atoms with Gasteiger partial charge in [-0.05, 0) is 37.4 Å². The summed E-state index contributed by atoms with van der Waals surface area (Å²) in [5, 5.41) is 7.85. The molecular formula is C17H23N3O. The predicted octanol–water partition coefficient (Wildman–Crippen LogP) is 2.81. The fourth-order valence-electron chi connectivity index (χ4n) is 3.60. The molecule has 3 rings (SSSR count). The maximum atomic E-state index is 5.50. The molecule has 2 aromatic rings. The maximum absolute atomic E-state index is 5.50. The van der Waals surface area contributed by atoms with Crippen molar-refractivity contribution >= 4 is 0 Å². The second-order valence-electron chi connectivity index (χ2n) is 5.69. The number of methoxy groups -OCH3 is 1. The number of nitrogens with one attached hydrogen (secondary N) is 1. The van der Waals surface area contributed by atoms with Crippen molar-refractivity contribution in [2.75, 3.05) is 14.2 Å². The highest BCUT2D eigenvalue weighted by Gasteiger charge is 2.31. The number of likely N-dealkylation sites (N-methyl/N-ethyl adjacent to an activating group) is 1. The highest BCUT2D eigenvalue weighted by Crippen LogP contribution is 2.42. The second-order valence-corrected chi connectivity index (χ2v) is 5.69. The highest BCUT2D eigenvalue weighted by atomic mass is 16.5. The molecule has 0 amide bonds. The van der Waals surface area contributed by atoms with E-state index in [9.17, 15) is 0 Å². The van der Waals surface area contributed by atoms with E-state index in [1.807, 2.05) is 18.8 Å². The molecule has 1 aliphatic rings. The lowest BCUT2D eigenvalue weighted by Gasteiger charge is -2.32. The number of nitrogens with zero attached hydrogens (tertiary/aromatic N) is 2. The Labute approximate surface area is 126 Å². The Balaban J connectivity index is 2.03. The molecule has 112 valence electrons. The molecule has 2 unspecified atom stereocenters. The van der Waals surface area contributed by atoms with Crippen LogP contribution in [-0.4, -0.2) is 23.9 Å². The van der Waals surface area contributed by atoms with E-state index >= 15 is 0 Å². The Hall–Kier alpha value is -1.81. The first-order valence-corrected chi connectivity index (χ1v) is 7.57. The van der Waals surface area contributed by atoms with Crippen molar-refractivity contribution in [3.63, 3.8) is 0 Å². The van der Waals surface area contributed by atoms with Crippen LogP contribution in [0.1, 0.15) is 41.6 Å². The van der Waals surface area contributed by atoms with Crippen molar-refractivity contribution < 1.29 is 4.74 Å². The Morgan fingerprint density at radius 1 is 1.38 bits per heavy atom. The Bertz CT molecular complexity index is 620. The number of ether oxygens (including phenoxy) is 1. The van der Waals surface area contributed by atoms with E-state index in [0.717, 1.165) is 11.4 Å². The number of hydrogen-bond acceptors (Lipinski definition) is 3. The van der Waals surface area contributed by atoms with Crippen LogP contribution in [-0.2, 0) is 13.5 Å². The van der Waals surface area contributed by atoms with Gasteiger partial charge in [0.15, 0.2) is 5.75 Å². The molecular weight excluding hydrogens is 262 g/mol. The molecule has 4 heteroatoms. The van der Waals surface area contributed by atoms with Crippen LogP contribution in [0, 0.1) is 0 Å². The zero-order valence-electron chi connectivity index (χ0n) is 13.0. The number of benzene rings is 1. The van der Waals surface area contributed by atoms with E-state index in [4.69, 9.17) is 4.74 Å². The zero-order chi connectivity index (χ0) is 14.8. The molecule has 0 saturated carbocycles. The molecule has 0 bridgehead atoms. The van der Waals surface area contributed by atoms with Crippen LogP contribution in [0.25, 0.3) is 0 Å². The van der Waals surface area contributed by atoms with Gasteiger partial charge in [-0.3, -0.25) is 4.68 Å². The van der Waals surface area contributed by atoms with Crippen molar-refractivity contribution in [3.8, 4) is 5.75 Å². The Kier molecular flexibility index (Phi) is 3.97. The van der Waals surface area contributed by atoms with Gasteiger partial charge < -0.3 is 10.1 Å². The normalized spacial score (nSPS) is 19.1. The van der Waals surface area contributed by atoms with Crippen molar-refractivity contribution in [2.45, 2.75) is 31.2 Å². The van der Waals surface area contributed by atoms with Gasteiger partial charge in [0.05, 0.1) is 25.0 Å². The van der Waals surface area contributed by atoms with Gasteiger partial charge in [0.2, 0.25) is 0 Å². The number of aryl methyl sites for hydroxylation is 2. The first kappa shape index (κ1) is 14.1. The third kappa shape index (κ3) is 2.44. The third-order valence-electron chi connectivity index (χ3n) is 4.59. The summed E-state index contributed by atoms with van der Waals surface area (Å²) >= 11 is 0. The lowest BCUT2D eigenvalue weighted by atomic mass is 9.77. The molecule has 1 aromatic carbocycles. The summed E-state index contributed by atoms with van der Waals surface area (Å²) in [5.74, 6) is 1.32. The summed E-state index contributed by atoms with van der Waals surface area (Å²) in [6, 6.07) is 9.03. The summed E-state index contributed by atoms with van der Waals surface area (Å²) in [5.41, 5.74) is 4.07. The second kappa shape index (κ2) is 5.90. The monoisotopic (exact) mass is 285 g/mol. The van der Waals surface area contributed by atoms with Gasteiger partial charge in [0, 0.05) is 13.0 Å². The fraction of sp³-hybridized carbons (Fsp3) is 0.471. The van der Waals surface area contributed by atoms with Crippen molar-refractivity contribution in [1.82, 2.24) is 15.1 Å². The van der Waals surface area contributed by atoms with Gasteiger partial charge in [0.25, 0.3) is 0 Å². The van der Waals surface area contributed by atoms with E-state index in [2.05, 4.69) is 34.7 Å². The molecule has 1 N–H and O–H groups in total. The summed E-state index contributed by atoms with van der Waals surface area (Å²) in [6.45, 7) is 0. The summed E-state index contributed by atoms with van der Waals surface area (Å²) in [6.07, 6.45) is 5.41. The van der Waals surface area contributed by atoms with Gasteiger partial charge in [-0.15, -0.1) is 0 Å². The van der Waals surface area contributed by atoms with Crippen LogP contribution in [0.3, 0.4) is 0 Å². The minimum atomic E-state index is 0.217. The molecule has 0 radical (unpaired) electrons. The van der Waals surface area contributed by atoms with Crippen LogP contribution in [0.15, 0.2) is 30.5 Å². The average molecular weight is 285 g/mol. The van der Waals surface area contributed by atoms with E-state index in [-0.39, 0.29) is 6.04 Å². The standard InChI is InChI=1S/C17H23N3O/c1-18-16(17-15(21-3)11-19-20(17)2)14-10-6-8-12-7-4-5-9-13(12)14/h4-5,7,9,11,14,16,18H,6,8,10H2,1-3H3. The van der Waals surface area contributed by atoms with Crippen LogP contribution in [0.4, 0.5) is 0 Å². The van der Waals surface area contributed by atoms with Crippen molar-refractivity contribution in [3.05, 3.63) is 47.3 Å². The molecule has 1 aromatic heterocycles. The molecule has 1 aliphatic carbocycles. The highest BCUT2D eigenvalue weighted by molar-refractivity contribution is 5.38. The zero-order valence-corrected chi connectivity index (χ0v) is 13.0. The van der Waals surface area contributed by atoms with E-state index in [1.54, 1.807) is 13.3 Å². The summed E-state index contributed by atoms with van der Waals surface area (Å²) < 4.78 is 7.43. The summed E-state index contributed by atoms with van der Waals surface area (Å²) in [7, 11) is 5.72. The number of fused-ring (bicyclic) bond motifs is 1. The van der Waals surface area contributed by atoms with Crippen LogP contribution in [0.2, 0.25) is 0 Å². The van der Waals surface area contributed by atoms with Gasteiger partial charge in [0.1, 0.15) is 0 Å². The smallest absolute Gasteiger partial charge is 0.161 e. The fourth-order valence-corrected chi connectivity index (χ4v) is 3.60. The SMILES string of the molecule is CNC(c1c(OC)cnn1C)C1CCCc2ccccc21. The first-order valence-electron chi connectivity index (χ1n) is 7.57. The largest absolute Gasteiger partial charge is 0.493 e. The molecule has 0 aliphatic heterocycles. The lowest BCUT2D eigenvalue weighted by molar-refractivity contribution is 0.368. The molecule has 0 fully saturated rings. The van der Waals surface area contributed by atoms with Gasteiger partial charge in [-0.2, -0.15) is 5.10 Å². The predicted molar refractivity (Wildman–Crippen MR) is 83.7 cm³/mol. The van der Waals surface area contributed by atoms with Crippen molar-refractivity contribution in [2.24, 2.45) is 7.05 Å².